The van der Waals surface area contributed by atoms with Crippen LogP contribution in [0, 0.1) is 16.0 Å². The Balaban J connectivity index is 2.22. The van der Waals surface area contributed by atoms with Crippen LogP contribution in [0.25, 0.3) is 0 Å². The highest BCUT2D eigenvalue weighted by molar-refractivity contribution is 5.98. The van der Waals surface area contributed by atoms with Crippen LogP contribution in [0.4, 0.5) is 5.69 Å². The van der Waals surface area contributed by atoms with E-state index in [2.05, 4.69) is 0 Å². The minimum Gasteiger partial charge on any atom is -0.338 e. The second kappa shape index (κ2) is 6.00. The first-order chi connectivity index (χ1) is 9.54. The smallest absolute Gasteiger partial charge is 0.282 e. The molecule has 0 spiro atoms. The van der Waals surface area contributed by atoms with Gasteiger partial charge in [-0.25, -0.2) is 0 Å². The van der Waals surface area contributed by atoms with Crippen molar-refractivity contribution in [3.63, 3.8) is 0 Å². The summed E-state index contributed by atoms with van der Waals surface area (Å²) in [6.07, 6.45) is 1.65. The summed E-state index contributed by atoms with van der Waals surface area (Å²) in [5.41, 5.74) is 6.04. The lowest BCUT2D eigenvalue weighted by Gasteiger charge is -2.36. The molecule has 2 atom stereocenters. The van der Waals surface area contributed by atoms with Gasteiger partial charge in [0, 0.05) is 25.2 Å². The summed E-state index contributed by atoms with van der Waals surface area (Å²) in [5.74, 6) is -0.0156. The number of nitro benzene ring substituents is 1. The Morgan fingerprint density at radius 2 is 2.20 bits per heavy atom. The standard InChI is InChI=1S/C14H19N3O3/c1-2-10-9-16(8-7-12(10)15)14(18)11-5-3-4-6-13(11)17(19)20/h3-6,10,12H,2,7-9,15H2,1H3. The van der Waals surface area contributed by atoms with Crippen LogP contribution in [0.2, 0.25) is 0 Å². The van der Waals surface area contributed by atoms with Crippen molar-refractivity contribution in [3.8, 4) is 0 Å². The van der Waals surface area contributed by atoms with E-state index in [1.807, 2.05) is 6.92 Å². The molecule has 1 aliphatic heterocycles. The minimum absolute atomic E-state index is 0.106. The average molecular weight is 277 g/mol. The van der Waals surface area contributed by atoms with Gasteiger partial charge in [-0.15, -0.1) is 0 Å². The Morgan fingerprint density at radius 3 is 2.85 bits per heavy atom. The molecule has 2 rings (SSSR count). The number of piperidine rings is 1. The van der Waals surface area contributed by atoms with E-state index >= 15 is 0 Å². The fraction of sp³-hybridized carbons (Fsp3) is 0.500. The number of hydrogen-bond donors (Lipinski definition) is 1. The molecule has 1 aromatic carbocycles. The molecule has 1 saturated heterocycles. The number of nitrogens with zero attached hydrogens (tertiary/aromatic N) is 2. The van der Waals surface area contributed by atoms with Crippen LogP contribution in [0.5, 0.6) is 0 Å². The molecule has 0 radical (unpaired) electrons. The molecule has 1 amide bonds. The zero-order valence-corrected chi connectivity index (χ0v) is 11.5. The van der Waals surface area contributed by atoms with Crippen molar-refractivity contribution in [1.29, 1.82) is 0 Å². The quantitative estimate of drug-likeness (QED) is 0.673. The van der Waals surface area contributed by atoms with Gasteiger partial charge in [0.1, 0.15) is 5.56 Å². The van der Waals surface area contributed by atoms with Gasteiger partial charge < -0.3 is 10.6 Å². The zero-order chi connectivity index (χ0) is 14.7. The van der Waals surface area contributed by atoms with E-state index in [0.717, 1.165) is 12.8 Å². The first-order valence-electron chi connectivity index (χ1n) is 6.82. The van der Waals surface area contributed by atoms with Gasteiger partial charge in [-0.3, -0.25) is 14.9 Å². The van der Waals surface area contributed by atoms with Crippen molar-refractivity contribution >= 4 is 11.6 Å². The molecule has 2 unspecified atom stereocenters. The van der Waals surface area contributed by atoms with Gasteiger partial charge in [-0.1, -0.05) is 25.5 Å². The molecule has 1 aromatic rings. The molecule has 6 heteroatoms. The van der Waals surface area contributed by atoms with Crippen molar-refractivity contribution < 1.29 is 9.72 Å². The summed E-state index contributed by atoms with van der Waals surface area (Å²) in [4.78, 5) is 24.6. The van der Waals surface area contributed by atoms with Crippen LogP contribution in [0.15, 0.2) is 24.3 Å². The largest absolute Gasteiger partial charge is 0.338 e. The number of amides is 1. The Labute approximate surface area is 117 Å². The molecule has 2 N–H and O–H groups in total. The van der Waals surface area contributed by atoms with Gasteiger partial charge in [0.2, 0.25) is 0 Å². The van der Waals surface area contributed by atoms with E-state index in [-0.39, 0.29) is 29.1 Å². The number of likely N-dealkylation sites (tertiary alicyclic amines) is 1. The number of hydrogen-bond acceptors (Lipinski definition) is 4. The van der Waals surface area contributed by atoms with Crippen LogP contribution in [-0.4, -0.2) is 34.9 Å². The third-order valence-electron chi connectivity index (χ3n) is 3.94. The van der Waals surface area contributed by atoms with Gasteiger partial charge in [-0.05, 0) is 18.4 Å². The van der Waals surface area contributed by atoms with Crippen molar-refractivity contribution in [1.82, 2.24) is 4.90 Å². The maximum atomic E-state index is 12.5. The van der Waals surface area contributed by atoms with Crippen molar-refractivity contribution in [3.05, 3.63) is 39.9 Å². The number of carbonyl (C=O) groups excluding carboxylic acids is 1. The Kier molecular flexibility index (Phi) is 4.34. The maximum absolute atomic E-state index is 12.5. The number of benzene rings is 1. The third kappa shape index (κ3) is 2.80. The fourth-order valence-corrected chi connectivity index (χ4v) is 2.65. The highest BCUT2D eigenvalue weighted by Crippen LogP contribution is 2.24. The van der Waals surface area contributed by atoms with E-state index in [4.69, 9.17) is 5.73 Å². The van der Waals surface area contributed by atoms with Crippen molar-refractivity contribution in [2.24, 2.45) is 11.7 Å². The van der Waals surface area contributed by atoms with E-state index < -0.39 is 4.92 Å². The summed E-state index contributed by atoms with van der Waals surface area (Å²) in [7, 11) is 0. The lowest BCUT2D eigenvalue weighted by atomic mass is 9.90. The SMILES string of the molecule is CCC1CN(C(=O)c2ccccc2[N+](=O)[O-])CCC1N. The number of para-hydroxylation sites is 1. The summed E-state index contributed by atoms with van der Waals surface area (Å²) in [6.45, 7) is 3.18. The van der Waals surface area contributed by atoms with Crippen LogP contribution >= 0.6 is 0 Å². The van der Waals surface area contributed by atoms with Gasteiger partial charge in [0.25, 0.3) is 11.6 Å². The third-order valence-corrected chi connectivity index (χ3v) is 3.94. The second-order valence-corrected chi connectivity index (χ2v) is 5.15. The lowest BCUT2D eigenvalue weighted by molar-refractivity contribution is -0.385. The van der Waals surface area contributed by atoms with E-state index in [1.165, 1.54) is 12.1 Å². The predicted octanol–water partition coefficient (Wildman–Crippen LogP) is 1.79. The number of nitro groups is 1. The second-order valence-electron chi connectivity index (χ2n) is 5.15. The fourth-order valence-electron chi connectivity index (χ4n) is 2.65. The van der Waals surface area contributed by atoms with Crippen LogP contribution < -0.4 is 5.73 Å². The Bertz CT molecular complexity index is 518. The summed E-state index contributed by atoms with van der Waals surface area (Å²) in [5, 5.41) is 11.0. The van der Waals surface area contributed by atoms with Gasteiger partial charge >= 0.3 is 0 Å². The molecule has 1 heterocycles. The molecule has 20 heavy (non-hydrogen) atoms. The van der Waals surface area contributed by atoms with Crippen LogP contribution in [-0.2, 0) is 0 Å². The average Bonchev–Trinajstić information content (AvgIpc) is 2.47. The molecule has 1 fully saturated rings. The number of nitrogens with two attached hydrogens (primary N) is 1. The lowest BCUT2D eigenvalue weighted by Crippen LogP contribution is -2.49. The van der Waals surface area contributed by atoms with E-state index in [1.54, 1.807) is 17.0 Å². The maximum Gasteiger partial charge on any atom is 0.282 e. The summed E-state index contributed by atoms with van der Waals surface area (Å²) < 4.78 is 0. The molecule has 0 saturated carbocycles. The monoisotopic (exact) mass is 277 g/mol. The number of carbonyl (C=O) groups is 1. The molecule has 108 valence electrons. The van der Waals surface area contributed by atoms with E-state index in [9.17, 15) is 14.9 Å². The molecular weight excluding hydrogens is 258 g/mol. The molecular formula is C14H19N3O3. The van der Waals surface area contributed by atoms with Gasteiger partial charge in [-0.2, -0.15) is 0 Å². The van der Waals surface area contributed by atoms with Crippen molar-refractivity contribution in [2.75, 3.05) is 13.1 Å². The molecule has 0 bridgehead atoms. The minimum atomic E-state index is -0.514. The van der Waals surface area contributed by atoms with Crippen LogP contribution in [0.3, 0.4) is 0 Å². The molecule has 6 nitrogen and oxygen atoms in total. The first kappa shape index (κ1) is 14.5. The summed E-state index contributed by atoms with van der Waals surface area (Å²) >= 11 is 0. The van der Waals surface area contributed by atoms with Gasteiger partial charge in [0.15, 0.2) is 0 Å². The Hall–Kier alpha value is -1.95. The van der Waals surface area contributed by atoms with Crippen LogP contribution in [0.1, 0.15) is 30.1 Å². The highest BCUT2D eigenvalue weighted by Gasteiger charge is 2.31. The summed E-state index contributed by atoms with van der Waals surface area (Å²) in [6, 6.07) is 6.19. The van der Waals surface area contributed by atoms with Crippen molar-refractivity contribution in [2.45, 2.75) is 25.8 Å². The highest BCUT2D eigenvalue weighted by atomic mass is 16.6. The predicted molar refractivity (Wildman–Crippen MR) is 75.4 cm³/mol. The normalized spacial score (nSPS) is 22.6. The topological polar surface area (TPSA) is 89.5 Å². The Morgan fingerprint density at radius 1 is 1.50 bits per heavy atom. The first-order valence-corrected chi connectivity index (χ1v) is 6.82. The van der Waals surface area contributed by atoms with Gasteiger partial charge in [0.05, 0.1) is 4.92 Å². The molecule has 0 aliphatic carbocycles. The molecule has 0 aromatic heterocycles. The zero-order valence-electron chi connectivity index (χ0n) is 11.5. The number of rotatable bonds is 3. The van der Waals surface area contributed by atoms with E-state index in [0.29, 0.717) is 13.1 Å². The molecule has 1 aliphatic rings.